The molecule has 0 saturated heterocycles. The van der Waals surface area contributed by atoms with Gasteiger partial charge in [0.1, 0.15) is 0 Å². The van der Waals surface area contributed by atoms with E-state index in [-0.39, 0.29) is 0 Å². The molecule has 4 aromatic carbocycles. The van der Waals surface area contributed by atoms with Crippen LogP contribution in [0.25, 0.3) is 43.8 Å². The summed E-state index contributed by atoms with van der Waals surface area (Å²) in [5, 5.41) is 8.26. The molecule has 0 radical (unpaired) electrons. The van der Waals surface area contributed by atoms with Gasteiger partial charge in [0.15, 0.2) is 0 Å². The molecule has 5 aromatic rings. The van der Waals surface area contributed by atoms with Crippen LogP contribution >= 0.6 is 0 Å². The second kappa shape index (κ2) is 11.1. The quantitative estimate of drug-likeness (QED) is 0.197. The molecule has 3 aliphatic rings. The molecule has 0 saturated carbocycles. The second-order valence-corrected chi connectivity index (χ2v) is 12.6. The van der Waals surface area contributed by atoms with Gasteiger partial charge in [0.2, 0.25) is 0 Å². The molecule has 0 spiro atoms. The maximum Gasteiger partial charge on any atom is 0.0343 e. The van der Waals surface area contributed by atoms with E-state index in [0.29, 0.717) is 5.92 Å². The third-order valence-corrected chi connectivity index (χ3v) is 10.0. The lowest BCUT2D eigenvalue weighted by molar-refractivity contribution is 0.692. The molecule has 1 heterocycles. The number of hydrogen-bond acceptors (Lipinski definition) is 1. The van der Waals surface area contributed by atoms with Gasteiger partial charge in [-0.25, -0.2) is 0 Å². The third-order valence-electron chi connectivity index (χ3n) is 10.0. The zero-order valence-corrected chi connectivity index (χ0v) is 25.6. The topological polar surface area (TPSA) is 12.9 Å². The molecule has 0 N–H and O–H groups in total. The van der Waals surface area contributed by atoms with Gasteiger partial charge >= 0.3 is 0 Å². The minimum absolute atomic E-state index is 0.557. The van der Waals surface area contributed by atoms with Crippen LogP contribution in [-0.2, 0) is 0 Å². The lowest BCUT2D eigenvalue weighted by Gasteiger charge is -2.28. The minimum atomic E-state index is 0.557. The molecule has 0 bridgehead atoms. The smallest absolute Gasteiger partial charge is 0.0343 e. The fraction of sp³-hybridized carbons (Fsp3) is 0.186. The Morgan fingerprint density at radius 2 is 1.20 bits per heavy atom. The lowest BCUT2D eigenvalue weighted by Crippen LogP contribution is -2.34. The molecule has 0 amide bonds. The molecule has 8 rings (SSSR count). The van der Waals surface area contributed by atoms with Crippen molar-refractivity contribution < 1.29 is 0 Å². The first-order chi connectivity index (χ1) is 21.7. The van der Waals surface area contributed by atoms with Gasteiger partial charge in [0.25, 0.3) is 0 Å². The van der Waals surface area contributed by atoms with E-state index in [2.05, 4.69) is 122 Å². The van der Waals surface area contributed by atoms with Crippen molar-refractivity contribution in [2.45, 2.75) is 46.0 Å². The number of pyridine rings is 1. The summed E-state index contributed by atoms with van der Waals surface area (Å²) in [4.78, 5) is 4.36. The Bertz CT molecular complexity index is 2150. The van der Waals surface area contributed by atoms with E-state index in [1.165, 1.54) is 71.0 Å². The zero-order valence-electron chi connectivity index (χ0n) is 25.6. The molecule has 1 heteroatoms. The molecule has 214 valence electrons. The van der Waals surface area contributed by atoms with Crippen molar-refractivity contribution in [2.75, 3.05) is 0 Å². The first-order valence-electron chi connectivity index (χ1n) is 16.1. The van der Waals surface area contributed by atoms with Crippen LogP contribution in [0.1, 0.15) is 62.6 Å². The molecule has 0 aliphatic heterocycles. The maximum atomic E-state index is 4.36. The average Bonchev–Trinajstić information content (AvgIpc) is 3.08. The van der Waals surface area contributed by atoms with Crippen molar-refractivity contribution in [3.63, 3.8) is 0 Å². The lowest BCUT2D eigenvalue weighted by atomic mass is 9.76. The predicted molar refractivity (Wildman–Crippen MR) is 187 cm³/mol. The van der Waals surface area contributed by atoms with Gasteiger partial charge in [0.05, 0.1) is 0 Å². The number of fused-ring (bicyclic) bond motifs is 3. The first kappa shape index (κ1) is 26.8. The SMILES string of the molecule is CC1=C(C2=c3ccccc3=C(c3c4ccccc4c(C4=CC=C(c5cccnc5)CC4)c4ccccc34)CC2)C(C)CC=C1. The van der Waals surface area contributed by atoms with Gasteiger partial charge in [-0.1, -0.05) is 110 Å². The number of hydrogen-bond donors (Lipinski definition) is 0. The maximum absolute atomic E-state index is 4.36. The third kappa shape index (κ3) is 4.42. The summed E-state index contributed by atoms with van der Waals surface area (Å²) in [6, 6.07) is 31.7. The Kier molecular flexibility index (Phi) is 6.75. The Labute approximate surface area is 260 Å². The standard InChI is InChI=1S/C43H37N/c1-28-11-9-12-29(2)41(28)39-24-25-40(34-15-4-3-14-33(34)39)43-37-18-7-5-16-35(37)42(36-17-6-8-19-38(36)43)31-22-20-30(21-23-31)32-13-10-26-44-27-32/h3-11,13-20,22,26-27,29H,12,21,23-25H2,1-2H3. The van der Waals surface area contributed by atoms with E-state index in [0.717, 1.165) is 32.1 Å². The highest BCUT2D eigenvalue weighted by Gasteiger charge is 2.25. The zero-order chi connectivity index (χ0) is 29.6. The predicted octanol–water partition coefficient (Wildman–Crippen LogP) is 9.70. The molecular formula is C43H37N. The van der Waals surface area contributed by atoms with Gasteiger partial charge in [-0.3, -0.25) is 4.98 Å². The fourth-order valence-electron chi connectivity index (χ4n) is 8.09. The van der Waals surface area contributed by atoms with Crippen molar-refractivity contribution in [1.29, 1.82) is 0 Å². The molecule has 3 aliphatic carbocycles. The fourth-order valence-corrected chi connectivity index (χ4v) is 8.09. The van der Waals surface area contributed by atoms with Gasteiger partial charge in [-0.2, -0.15) is 0 Å². The molecular weight excluding hydrogens is 530 g/mol. The summed E-state index contributed by atoms with van der Waals surface area (Å²) in [5.74, 6) is 0.557. The first-order valence-corrected chi connectivity index (χ1v) is 16.1. The van der Waals surface area contributed by atoms with Crippen LogP contribution in [0.15, 0.2) is 133 Å². The highest BCUT2D eigenvalue weighted by molar-refractivity contribution is 6.16. The van der Waals surface area contributed by atoms with Crippen LogP contribution in [0.4, 0.5) is 0 Å². The molecule has 1 unspecified atom stereocenters. The average molecular weight is 568 g/mol. The summed E-state index contributed by atoms with van der Waals surface area (Å²) in [7, 11) is 0. The van der Waals surface area contributed by atoms with E-state index in [1.807, 2.05) is 18.5 Å². The Morgan fingerprint density at radius 3 is 1.82 bits per heavy atom. The minimum Gasteiger partial charge on any atom is -0.264 e. The highest BCUT2D eigenvalue weighted by atomic mass is 14.6. The molecule has 44 heavy (non-hydrogen) atoms. The van der Waals surface area contributed by atoms with Crippen LogP contribution in [0.5, 0.6) is 0 Å². The van der Waals surface area contributed by atoms with Crippen molar-refractivity contribution in [3.05, 3.63) is 160 Å². The van der Waals surface area contributed by atoms with Gasteiger partial charge in [-0.05, 0) is 133 Å². The van der Waals surface area contributed by atoms with E-state index >= 15 is 0 Å². The molecule has 1 nitrogen and oxygen atoms in total. The molecule has 1 aromatic heterocycles. The monoisotopic (exact) mass is 567 g/mol. The number of rotatable bonds is 4. The van der Waals surface area contributed by atoms with Crippen LogP contribution in [0.3, 0.4) is 0 Å². The summed E-state index contributed by atoms with van der Waals surface area (Å²) in [6.07, 6.45) is 18.5. The van der Waals surface area contributed by atoms with Gasteiger partial charge in [-0.15, -0.1) is 0 Å². The normalized spacial score (nSPS) is 18.5. The van der Waals surface area contributed by atoms with Crippen LogP contribution in [0.2, 0.25) is 0 Å². The van der Waals surface area contributed by atoms with Crippen LogP contribution in [0, 0.1) is 5.92 Å². The molecule has 1 atom stereocenters. The van der Waals surface area contributed by atoms with Crippen molar-refractivity contribution in [3.8, 4) is 0 Å². The number of benzene rings is 4. The summed E-state index contributed by atoms with van der Waals surface area (Å²) < 4.78 is 0. The van der Waals surface area contributed by atoms with E-state index < -0.39 is 0 Å². The highest BCUT2D eigenvalue weighted by Crippen LogP contribution is 2.44. The van der Waals surface area contributed by atoms with E-state index in [9.17, 15) is 0 Å². The Balaban J connectivity index is 1.41. The van der Waals surface area contributed by atoms with E-state index in [4.69, 9.17) is 0 Å². The number of aromatic nitrogens is 1. The van der Waals surface area contributed by atoms with Crippen LogP contribution < -0.4 is 10.4 Å². The number of nitrogens with zero attached hydrogens (tertiary/aromatic N) is 1. The summed E-state index contributed by atoms with van der Waals surface area (Å²) >= 11 is 0. The summed E-state index contributed by atoms with van der Waals surface area (Å²) in [5.41, 5.74) is 12.8. The van der Waals surface area contributed by atoms with Gasteiger partial charge < -0.3 is 0 Å². The van der Waals surface area contributed by atoms with Crippen molar-refractivity contribution in [1.82, 2.24) is 4.98 Å². The van der Waals surface area contributed by atoms with Crippen molar-refractivity contribution >= 4 is 43.8 Å². The Morgan fingerprint density at radius 1 is 0.614 bits per heavy atom. The molecule has 0 fully saturated rings. The van der Waals surface area contributed by atoms with Crippen molar-refractivity contribution in [2.24, 2.45) is 5.92 Å². The Hall–Kier alpha value is -4.75. The summed E-state index contributed by atoms with van der Waals surface area (Å²) in [6.45, 7) is 4.69. The number of allylic oxidation sites excluding steroid dienone is 8. The van der Waals surface area contributed by atoms with Gasteiger partial charge in [0, 0.05) is 12.4 Å². The van der Waals surface area contributed by atoms with Crippen LogP contribution in [-0.4, -0.2) is 4.98 Å². The second-order valence-electron chi connectivity index (χ2n) is 12.6. The largest absolute Gasteiger partial charge is 0.264 e. The van der Waals surface area contributed by atoms with E-state index in [1.54, 1.807) is 11.1 Å².